The van der Waals surface area contributed by atoms with E-state index in [-0.39, 0.29) is 23.1 Å². The molecule has 0 aliphatic carbocycles. The van der Waals surface area contributed by atoms with Crippen molar-refractivity contribution in [2.75, 3.05) is 13.2 Å². The number of rotatable bonds is 13. The molecule has 1 heterocycles. The first-order valence-electron chi connectivity index (χ1n) is 12.2. The number of pyridine rings is 1. The maximum Gasteiger partial charge on any atom is 0.297 e. The minimum Gasteiger partial charge on any atom is -0.508 e. The van der Waals surface area contributed by atoms with Gasteiger partial charge in [0.2, 0.25) is 5.75 Å². The van der Waals surface area contributed by atoms with E-state index in [1.165, 1.54) is 11.1 Å². The van der Waals surface area contributed by atoms with Crippen LogP contribution in [0.1, 0.15) is 86.1 Å². The second kappa shape index (κ2) is 13.1. The van der Waals surface area contributed by atoms with Crippen LogP contribution in [-0.4, -0.2) is 22.9 Å². The molecule has 0 bridgehead atoms. The minimum absolute atomic E-state index is 0.0934. The van der Waals surface area contributed by atoms with Gasteiger partial charge in [-0.05, 0) is 72.1 Å². The van der Waals surface area contributed by atoms with Gasteiger partial charge in [-0.15, -0.1) is 0 Å². The van der Waals surface area contributed by atoms with Crippen LogP contribution in [0.4, 0.5) is 0 Å². The van der Waals surface area contributed by atoms with Gasteiger partial charge in [0.1, 0.15) is 12.4 Å². The Morgan fingerprint density at radius 3 is 2.48 bits per heavy atom. The van der Waals surface area contributed by atoms with E-state index in [0.717, 1.165) is 43.9 Å². The summed E-state index contributed by atoms with van der Waals surface area (Å²) >= 11 is 0. The third-order valence-corrected chi connectivity index (χ3v) is 5.62. The Kier molecular flexibility index (Phi) is 10.6. The number of allylic oxidation sites excluding steroid dienone is 3. The van der Waals surface area contributed by atoms with Gasteiger partial charge in [-0.3, -0.25) is 4.79 Å². The molecule has 0 aliphatic rings. The highest BCUT2D eigenvalue weighted by Crippen LogP contribution is 2.36. The number of unbranched alkanes of at least 4 members (excludes halogenated alkanes) is 3. The lowest BCUT2D eigenvalue weighted by Gasteiger charge is -2.20. The predicted octanol–water partition coefficient (Wildman–Crippen LogP) is 7.32. The van der Waals surface area contributed by atoms with Crippen LogP contribution in [0.3, 0.4) is 0 Å². The fourth-order valence-corrected chi connectivity index (χ4v) is 3.79. The second-order valence-corrected chi connectivity index (χ2v) is 9.22. The standard InChI is InChI=1S/C28H41NO4/c1-7-8-9-10-17-32-26-24-15-14-23(30)19-25(24)29(21(4)5)28(31)27(26)33-18-16-22(6)13-11-12-20(2)3/h12,14-16,19,21,30H,7-11,13,17-18H2,1-6H3/b22-16+. The lowest BCUT2D eigenvalue weighted by atomic mass is 10.1. The lowest BCUT2D eigenvalue weighted by Crippen LogP contribution is -2.25. The quantitative estimate of drug-likeness (QED) is 0.254. The van der Waals surface area contributed by atoms with Crippen LogP contribution >= 0.6 is 0 Å². The first-order valence-corrected chi connectivity index (χ1v) is 12.2. The largest absolute Gasteiger partial charge is 0.508 e. The van der Waals surface area contributed by atoms with Crippen molar-refractivity contribution in [3.8, 4) is 17.2 Å². The number of ether oxygens (including phenoxy) is 2. The van der Waals surface area contributed by atoms with Crippen LogP contribution in [-0.2, 0) is 0 Å². The van der Waals surface area contributed by atoms with Crippen LogP contribution < -0.4 is 15.0 Å². The van der Waals surface area contributed by atoms with Crippen LogP contribution in [0, 0.1) is 0 Å². The first kappa shape index (κ1) is 26.6. The highest BCUT2D eigenvalue weighted by atomic mass is 16.5. The van der Waals surface area contributed by atoms with Gasteiger partial charge in [-0.1, -0.05) is 43.4 Å². The highest BCUT2D eigenvalue weighted by molar-refractivity contribution is 5.89. The Morgan fingerprint density at radius 1 is 1.06 bits per heavy atom. The number of nitrogens with zero attached hydrogens (tertiary/aromatic N) is 1. The molecule has 1 aromatic heterocycles. The van der Waals surface area contributed by atoms with Crippen molar-refractivity contribution in [3.05, 3.63) is 51.9 Å². The Bertz CT molecular complexity index is 1030. The van der Waals surface area contributed by atoms with E-state index in [1.54, 1.807) is 22.8 Å². The molecule has 0 saturated heterocycles. The second-order valence-electron chi connectivity index (χ2n) is 9.22. The number of hydrogen-bond acceptors (Lipinski definition) is 4. The average molecular weight is 456 g/mol. The van der Waals surface area contributed by atoms with E-state index in [1.807, 2.05) is 19.9 Å². The Hall–Kier alpha value is -2.69. The summed E-state index contributed by atoms with van der Waals surface area (Å²) in [5, 5.41) is 10.8. The van der Waals surface area contributed by atoms with Crippen LogP contribution in [0.2, 0.25) is 0 Å². The summed E-state index contributed by atoms with van der Waals surface area (Å²) in [6, 6.07) is 4.96. The summed E-state index contributed by atoms with van der Waals surface area (Å²) in [5.41, 5.74) is 2.96. The van der Waals surface area contributed by atoms with Crippen molar-refractivity contribution >= 4 is 10.9 Å². The molecule has 5 heteroatoms. The number of aromatic nitrogens is 1. The van der Waals surface area contributed by atoms with Gasteiger partial charge in [0.15, 0.2) is 5.75 Å². The van der Waals surface area contributed by atoms with Crippen molar-refractivity contribution in [3.63, 3.8) is 0 Å². The molecule has 2 rings (SSSR count). The van der Waals surface area contributed by atoms with Crippen molar-refractivity contribution in [1.29, 1.82) is 0 Å². The van der Waals surface area contributed by atoms with Crippen molar-refractivity contribution in [2.24, 2.45) is 0 Å². The Morgan fingerprint density at radius 2 is 1.82 bits per heavy atom. The number of hydrogen-bond donors (Lipinski definition) is 1. The molecule has 0 spiro atoms. The zero-order valence-electron chi connectivity index (χ0n) is 21.2. The normalized spacial score (nSPS) is 11.8. The average Bonchev–Trinajstić information content (AvgIpc) is 2.74. The maximum atomic E-state index is 13.5. The van der Waals surface area contributed by atoms with Gasteiger partial charge in [-0.2, -0.15) is 0 Å². The van der Waals surface area contributed by atoms with E-state index in [0.29, 0.717) is 24.5 Å². The lowest BCUT2D eigenvalue weighted by molar-refractivity contribution is 0.275. The van der Waals surface area contributed by atoms with Gasteiger partial charge in [-0.25, -0.2) is 0 Å². The van der Waals surface area contributed by atoms with E-state index < -0.39 is 0 Å². The SMILES string of the molecule is CCCCCCOc1c(OC/C=C(\C)CCC=C(C)C)c(=O)n(C(C)C)c2cc(O)ccc12. The molecular formula is C28H41NO4. The highest BCUT2D eigenvalue weighted by Gasteiger charge is 2.21. The zero-order chi connectivity index (χ0) is 24.4. The molecule has 1 aromatic carbocycles. The molecular weight excluding hydrogens is 414 g/mol. The van der Waals surface area contributed by atoms with Crippen molar-refractivity contribution in [2.45, 2.75) is 86.1 Å². The van der Waals surface area contributed by atoms with Gasteiger partial charge in [0.25, 0.3) is 5.56 Å². The molecule has 0 atom stereocenters. The fourth-order valence-electron chi connectivity index (χ4n) is 3.79. The third-order valence-electron chi connectivity index (χ3n) is 5.62. The molecule has 0 radical (unpaired) electrons. The third kappa shape index (κ3) is 7.69. The molecule has 33 heavy (non-hydrogen) atoms. The van der Waals surface area contributed by atoms with Gasteiger partial charge < -0.3 is 19.1 Å². The monoisotopic (exact) mass is 455 g/mol. The number of aromatic hydroxyl groups is 1. The molecule has 2 aromatic rings. The fraction of sp³-hybridized carbons (Fsp3) is 0.536. The molecule has 0 unspecified atom stereocenters. The summed E-state index contributed by atoms with van der Waals surface area (Å²) in [6.45, 7) is 13.2. The van der Waals surface area contributed by atoms with Crippen molar-refractivity contribution < 1.29 is 14.6 Å². The topological polar surface area (TPSA) is 60.7 Å². The van der Waals surface area contributed by atoms with Gasteiger partial charge in [0.05, 0.1) is 12.1 Å². The van der Waals surface area contributed by atoms with E-state index >= 15 is 0 Å². The first-order chi connectivity index (χ1) is 15.8. The van der Waals surface area contributed by atoms with Gasteiger partial charge in [0, 0.05) is 17.5 Å². The van der Waals surface area contributed by atoms with Gasteiger partial charge >= 0.3 is 0 Å². The maximum absolute atomic E-state index is 13.5. The summed E-state index contributed by atoms with van der Waals surface area (Å²) in [7, 11) is 0. The van der Waals surface area contributed by atoms with Crippen molar-refractivity contribution in [1.82, 2.24) is 4.57 Å². The molecule has 0 saturated carbocycles. The number of benzene rings is 1. The number of phenolic OH excluding ortho intramolecular Hbond substituents is 1. The summed E-state index contributed by atoms with van der Waals surface area (Å²) < 4.78 is 13.9. The summed E-state index contributed by atoms with van der Waals surface area (Å²) in [4.78, 5) is 13.5. The van der Waals surface area contributed by atoms with E-state index in [2.05, 4.69) is 33.8 Å². The van der Waals surface area contributed by atoms with Crippen LogP contribution in [0.15, 0.2) is 46.3 Å². The number of fused-ring (bicyclic) bond motifs is 1. The zero-order valence-corrected chi connectivity index (χ0v) is 21.2. The molecule has 0 fully saturated rings. The van der Waals surface area contributed by atoms with E-state index in [4.69, 9.17) is 9.47 Å². The number of phenols is 1. The predicted molar refractivity (Wildman–Crippen MR) is 138 cm³/mol. The Labute approximate surface area is 198 Å². The van der Waals surface area contributed by atoms with E-state index in [9.17, 15) is 9.90 Å². The van der Waals surface area contributed by atoms with Crippen LogP contribution in [0.25, 0.3) is 10.9 Å². The van der Waals surface area contributed by atoms with Crippen LogP contribution in [0.5, 0.6) is 17.2 Å². The smallest absolute Gasteiger partial charge is 0.297 e. The minimum atomic E-state index is -0.234. The molecule has 1 N–H and O–H groups in total. The summed E-state index contributed by atoms with van der Waals surface area (Å²) in [5.74, 6) is 0.832. The Balaban J connectivity index is 2.39. The summed E-state index contributed by atoms with van der Waals surface area (Å²) in [6.07, 6.45) is 10.5. The molecule has 0 aliphatic heterocycles. The molecule has 5 nitrogen and oxygen atoms in total. The molecule has 0 amide bonds. The molecule has 182 valence electrons.